The van der Waals surface area contributed by atoms with Gasteiger partial charge in [-0.05, 0) is 48.6 Å². The molecule has 1 heterocycles. The average Bonchev–Trinajstić information content (AvgIpc) is 2.82. The van der Waals surface area contributed by atoms with Gasteiger partial charge in [0.25, 0.3) is 0 Å². The molecular formula is C28H28ClNO5. The van der Waals surface area contributed by atoms with E-state index in [9.17, 15) is 14.4 Å². The monoisotopic (exact) mass is 493 g/mol. The number of anilines is 1. The van der Waals surface area contributed by atoms with Crippen molar-refractivity contribution >= 4 is 35.0 Å². The van der Waals surface area contributed by atoms with E-state index < -0.39 is 17.9 Å². The zero-order valence-corrected chi connectivity index (χ0v) is 21.2. The molecule has 1 aliphatic carbocycles. The summed E-state index contributed by atoms with van der Waals surface area (Å²) in [6.07, 6.45) is 0.846. The van der Waals surface area contributed by atoms with Crippen LogP contribution in [0.25, 0.3) is 0 Å². The van der Waals surface area contributed by atoms with Crippen molar-refractivity contribution < 1.29 is 23.9 Å². The molecule has 1 aliphatic heterocycles. The number of methoxy groups -OCH3 is 2. The molecule has 0 aromatic heterocycles. The molecule has 6 nitrogen and oxygen atoms in total. The molecule has 1 atom stereocenters. The Bertz CT molecular complexity index is 1260. The maximum Gasteiger partial charge on any atom is 0.355 e. The number of ketones is 1. The van der Waals surface area contributed by atoms with Crippen LogP contribution in [0.5, 0.6) is 0 Å². The fourth-order valence-electron chi connectivity index (χ4n) is 4.96. The number of carbonyl (C=O) groups excluding carboxylic acids is 3. The van der Waals surface area contributed by atoms with Gasteiger partial charge in [0.05, 0.1) is 19.8 Å². The third-order valence-corrected chi connectivity index (χ3v) is 6.75. The molecule has 0 saturated heterocycles. The van der Waals surface area contributed by atoms with E-state index in [4.69, 9.17) is 21.1 Å². The van der Waals surface area contributed by atoms with Gasteiger partial charge in [0.1, 0.15) is 5.70 Å². The molecule has 2 aliphatic rings. The molecule has 0 fully saturated rings. The van der Waals surface area contributed by atoms with Crippen molar-refractivity contribution in [2.45, 2.75) is 39.5 Å². The number of halogens is 1. The summed E-state index contributed by atoms with van der Waals surface area (Å²) in [5.74, 6) is -2.22. The van der Waals surface area contributed by atoms with Crippen LogP contribution in [-0.4, -0.2) is 31.9 Å². The zero-order chi connectivity index (χ0) is 25.5. The normalized spacial score (nSPS) is 19.4. The van der Waals surface area contributed by atoms with Crippen molar-refractivity contribution in [1.82, 2.24) is 0 Å². The smallest absolute Gasteiger partial charge is 0.355 e. The first kappa shape index (κ1) is 24.7. The first-order valence-corrected chi connectivity index (χ1v) is 11.7. The summed E-state index contributed by atoms with van der Waals surface area (Å²) >= 11 is 6.14. The van der Waals surface area contributed by atoms with Crippen LogP contribution in [0.3, 0.4) is 0 Å². The molecule has 182 valence electrons. The SMILES string of the molecule is COC(=O)C1=C(C(=O)OC)N(c2ccc(Cl)cc2)C2=C(C(=O)CC(C)(C)C2)C1c1ccc(C)cc1. The van der Waals surface area contributed by atoms with Crippen molar-refractivity contribution in [3.63, 3.8) is 0 Å². The Morgan fingerprint density at radius 1 is 0.943 bits per heavy atom. The molecule has 2 aromatic rings. The van der Waals surface area contributed by atoms with E-state index in [1.165, 1.54) is 14.2 Å². The number of carbonyl (C=O) groups is 3. The van der Waals surface area contributed by atoms with E-state index in [0.717, 1.165) is 11.1 Å². The minimum Gasteiger partial charge on any atom is -0.466 e. The highest BCUT2D eigenvalue weighted by atomic mass is 35.5. The standard InChI is InChI=1S/C28H28ClNO5/c1-16-6-8-17(9-7-16)22-23-20(14-28(2,3)15-21(23)31)30(19-12-10-18(29)11-13-19)25(27(33)35-5)24(22)26(32)34-4/h6-13,22H,14-15H2,1-5H3. The first-order valence-electron chi connectivity index (χ1n) is 11.4. The lowest BCUT2D eigenvalue weighted by Crippen LogP contribution is -2.43. The number of ether oxygens (including phenoxy) is 2. The number of esters is 2. The Hall–Kier alpha value is -3.38. The van der Waals surface area contributed by atoms with Crippen molar-refractivity contribution in [2.24, 2.45) is 5.41 Å². The third kappa shape index (κ3) is 4.50. The summed E-state index contributed by atoms with van der Waals surface area (Å²) < 4.78 is 10.3. The summed E-state index contributed by atoms with van der Waals surface area (Å²) in [4.78, 5) is 42.1. The highest BCUT2D eigenvalue weighted by molar-refractivity contribution is 6.30. The maximum atomic E-state index is 13.7. The van der Waals surface area contributed by atoms with Crippen LogP contribution in [-0.2, 0) is 23.9 Å². The van der Waals surface area contributed by atoms with Gasteiger partial charge in [0.15, 0.2) is 5.78 Å². The summed E-state index contributed by atoms with van der Waals surface area (Å²) in [6.45, 7) is 6.00. The van der Waals surface area contributed by atoms with Crippen LogP contribution in [0.4, 0.5) is 5.69 Å². The van der Waals surface area contributed by atoms with Crippen molar-refractivity contribution in [3.05, 3.63) is 87.2 Å². The summed E-state index contributed by atoms with van der Waals surface area (Å²) in [5.41, 5.74) is 3.30. The minimum atomic E-state index is -0.765. The molecule has 1 unspecified atom stereocenters. The van der Waals surface area contributed by atoms with Crippen LogP contribution < -0.4 is 4.90 Å². The van der Waals surface area contributed by atoms with Crippen LogP contribution in [0, 0.1) is 12.3 Å². The molecule has 0 N–H and O–H groups in total. The molecule has 0 spiro atoms. The number of allylic oxidation sites excluding steroid dienone is 2. The number of nitrogens with zero attached hydrogens (tertiary/aromatic N) is 1. The first-order chi connectivity index (χ1) is 16.6. The van der Waals surface area contributed by atoms with Crippen LogP contribution in [0.1, 0.15) is 43.7 Å². The van der Waals surface area contributed by atoms with Crippen LogP contribution in [0.2, 0.25) is 5.02 Å². The van der Waals surface area contributed by atoms with E-state index in [2.05, 4.69) is 0 Å². The molecule has 0 amide bonds. The van der Waals surface area contributed by atoms with Gasteiger partial charge in [0, 0.05) is 34.3 Å². The molecule has 35 heavy (non-hydrogen) atoms. The van der Waals surface area contributed by atoms with Crippen molar-refractivity contribution in [2.75, 3.05) is 19.1 Å². The van der Waals surface area contributed by atoms with Gasteiger partial charge in [-0.2, -0.15) is 0 Å². The largest absolute Gasteiger partial charge is 0.466 e. The molecule has 0 saturated carbocycles. The van der Waals surface area contributed by atoms with Gasteiger partial charge >= 0.3 is 11.9 Å². The van der Waals surface area contributed by atoms with Gasteiger partial charge in [-0.25, -0.2) is 9.59 Å². The van der Waals surface area contributed by atoms with E-state index >= 15 is 0 Å². The fourth-order valence-corrected chi connectivity index (χ4v) is 5.08. The number of hydrogen-bond donors (Lipinski definition) is 0. The number of Topliss-reactive ketones (excluding diaryl/α,β-unsaturated/α-hetero) is 1. The van der Waals surface area contributed by atoms with Gasteiger partial charge in [-0.1, -0.05) is 55.3 Å². The Labute approximate surface area is 210 Å². The predicted molar refractivity (Wildman–Crippen MR) is 134 cm³/mol. The second kappa shape index (κ2) is 9.34. The van der Waals surface area contributed by atoms with E-state index in [-0.39, 0.29) is 22.5 Å². The number of rotatable bonds is 4. The topological polar surface area (TPSA) is 72.9 Å². The fraction of sp³-hybridized carbons (Fsp3) is 0.321. The highest BCUT2D eigenvalue weighted by Gasteiger charge is 2.48. The Kier molecular flexibility index (Phi) is 6.60. The van der Waals surface area contributed by atoms with E-state index in [0.29, 0.717) is 34.8 Å². The zero-order valence-electron chi connectivity index (χ0n) is 20.5. The van der Waals surface area contributed by atoms with Crippen LogP contribution in [0.15, 0.2) is 71.1 Å². The number of benzene rings is 2. The summed E-state index contributed by atoms with van der Waals surface area (Å²) in [5, 5.41) is 0.523. The third-order valence-electron chi connectivity index (χ3n) is 6.50. The lowest BCUT2D eigenvalue weighted by atomic mass is 9.68. The Balaban J connectivity index is 2.12. The van der Waals surface area contributed by atoms with Gasteiger partial charge in [-0.3, -0.25) is 4.79 Å². The maximum absolute atomic E-state index is 13.7. The Morgan fingerprint density at radius 2 is 1.54 bits per heavy atom. The van der Waals surface area contributed by atoms with Gasteiger partial charge in [0.2, 0.25) is 0 Å². The molecule has 0 bridgehead atoms. The number of hydrogen-bond acceptors (Lipinski definition) is 6. The molecule has 2 aromatic carbocycles. The van der Waals surface area contributed by atoms with Crippen molar-refractivity contribution in [1.29, 1.82) is 0 Å². The number of aryl methyl sites for hydroxylation is 1. The lowest BCUT2D eigenvalue weighted by Gasteiger charge is -2.44. The van der Waals surface area contributed by atoms with Crippen LogP contribution >= 0.6 is 11.6 Å². The summed E-state index contributed by atoms with van der Waals surface area (Å²) in [6, 6.07) is 14.5. The van der Waals surface area contributed by atoms with E-state index in [1.807, 2.05) is 45.0 Å². The lowest BCUT2D eigenvalue weighted by molar-refractivity contribution is -0.139. The van der Waals surface area contributed by atoms with Gasteiger partial charge in [-0.15, -0.1) is 0 Å². The second-order valence-corrected chi connectivity index (χ2v) is 10.1. The Morgan fingerprint density at radius 3 is 2.11 bits per heavy atom. The average molecular weight is 494 g/mol. The second-order valence-electron chi connectivity index (χ2n) is 9.70. The summed E-state index contributed by atoms with van der Waals surface area (Å²) in [7, 11) is 2.53. The molecular weight excluding hydrogens is 466 g/mol. The highest BCUT2D eigenvalue weighted by Crippen LogP contribution is 2.51. The molecule has 7 heteroatoms. The van der Waals surface area contributed by atoms with Gasteiger partial charge < -0.3 is 14.4 Å². The minimum absolute atomic E-state index is 0.0384. The molecule has 0 radical (unpaired) electrons. The quantitative estimate of drug-likeness (QED) is 0.524. The molecule has 4 rings (SSSR count). The predicted octanol–water partition coefficient (Wildman–Crippen LogP) is 5.50. The van der Waals surface area contributed by atoms with E-state index in [1.54, 1.807) is 29.2 Å². The van der Waals surface area contributed by atoms with Crippen molar-refractivity contribution in [3.8, 4) is 0 Å².